The van der Waals surface area contributed by atoms with Crippen LogP contribution in [-0.4, -0.2) is 50.5 Å². The van der Waals surface area contributed by atoms with Crippen LogP contribution in [-0.2, 0) is 22.6 Å². The monoisotopic (exact) mass is 499 g/mol. The van der Waals surface area contributed by atoms with Crippen LogP contribution in [0.3, 0.4) is 0 Å². The Bertz CT molecular complexity index is 1240. The maximum Gasteiger partial charge on any atom is 0.244 e. The fraction of sp³-hybridized carbons (Fsp3) is 0.440. The fourth-order valence-corrected chi connectivity index (χ4v) is 5.69. The number of aryl methyl sites for hydroxylation is 2. The van der Waals surface area contributed by atoms with Crippen LogP contribution in [0.4, 0.5) is 8.78 Å². The summed E-state index contributed by atoms with van der Waals surface area (Å²) in [5, 5.41) is 11.5. The highest BCUT2D eigenvalue weighted by atomic mass is 32.1. The van der Waals surface area contributed by atoms with Crippen molar-refractivity contribution in [1.82, 2.24) is 19.7 Å². The molecule has 5 rings (SSSR count). The van der Waals surface area contributed by atoms with Crippen molar-refractivity contribution in [3.63, 3.8) is 0 Å². The lowest BCUT2D eigenvalue weighted by Crippen LogP contribution is -2.40. The van der Waals surface area contributed by atoms with Crippen LogP contribution >= 0.6 is 11.3 Å². The highest BCUT2D eigenvalue weighted by Crippen LogP contribution is 2.32. The van der Waals surface area contributed by atoms with Crippen LogP contribution < -0.4 is 0 Å². The lowest BCUT2D eigenvalue weighted by atomic mass is 9.97. The smallest absolute Gasteiger partial charge is 0.244 e. The first kappa shape index (κ1) is 23.6. The number of carbonyl (C=O) groups is 1. The predicted octanol–water partition coefficient (Wildman–Crippen LogP) is 4.38. The average molecular weight is 500 g/mol. The van der Waals surface area contributed by atoms with E-state index in [9.17, 15) is 13.6 Å². The molecular formula is C25H27F2N5O2S. The van der Waals surface area contributed by atoms with E-state index in [-0.39, 0.29) is 30.4 Å². The van der Waals surface area contributed by atoms with E-state index in [0.717, 1.165) is 34.9 Å². The van der Waals surface area contributed by atoms with Crippen molar-refractivity contribution >= 4 is 23.0 Å². The predicted molar refractivity (Wildman–Crippen MR) is 128 cm³/mol. The number of thiazole rings is 1. The molecule has 2 aromatic heterocycles. The molecular weight excluding hydrogens is 472 g/mol. The normalized spacial score (nSPS) is 18.6. The summed E-state index contributed by atoms with van der Waals surface area (Å²) in [6.07, 6.45) is 1.86. The van der Waals surface area contributed by atoms with Crippen LogP contribution in [0.5, 0.6) is 0 Å². The van der Waals surface area contributed by atoms with E-state index in [1.807, 2.05) is 30.2 Å². The summed E-state index contributed by atoms with van der Waals surface area (Å²) in [4.78, 5) is 24.9. The van der Waals surface area contributed by atoms with Crippen molar-refractivity contribution in [3.05, 3.63) is 68.9 Å². The largest absolute Gasteiger partial charge is 0.391 e. The van der Waals surface area contributed by atoms with Crippen molar-refractivity contribution in [2.24, 2.45) is 5.16 Å². The summed E-state index contributed by atoms with van der Waals surface area (Å²) >= 11 is 1.58. The number of likely N-dealkylation sites (tertiary alicyclic amines) is 1. The lowest BCUT2D eigenvalue weighted by Gasteiger charge is -2.31. The van der Waals surface area contributed by atoms with E-state index in [4.69, 9.17) is 9.82 Å². The molecule has 0 spiro atoms. The number of halogens is 2. The van der Waals surface area contributed by atoms with E-state index in [1.165, 1.54) is 18.2 Å². The highest BCUT2D eigenvalue weighted by molar-refractivity contribution is 7.10. The Morgan fingerprint density at radius 3 is 2.63 bits per heavy atom. The molecule has 184 valence electrons. The van der Waals surface area contributed by atoms with Gasteiger partial charge >= 0.3 is 0 Å². The van der Waals surface area contributed by atoms with E-state index < -0.39 is 17.7 Å². The second-order valence-electron chi connectivity index (χ2n) is 9.18. The molecule has 7 nitrogen and oxygen atoms in total. The number of hydrogen-bond acceptors (Lipinski definition) is 6. The molecule has 0 bridgehead atoms. The third-order valence-electron chi connectivity index (χ3n) is 6.63. The van der Waals surface area contributed by atoms with Crippen LogP contribution in [0, 0.1) is 25.5 Å². The molecule has 10 heteroatoms. The summed E-state index contributed by atoms with van der Waals surface area (Å²) in [6.45, 7) is 5.54. The molecule has 1 fully saturated rings. The van der Waals surface area contributed by atoms with Gasteiger partial charge in [-0.3, -0.25) is 9.48 Å². The minimum absolute atomic E-state index is 0.0204. The van der Waals surface area contributed by atoms with Gasteiger partial charge in [-0.1, -0.05) is 11.2 Å². The molecule has 4 heterocycles. The molecule has 35 heavy (non-hydrogen) atoms. The summed E-state index contributed by atoms with van der Waals surface area (Å²) in [6, 6.07) is 5.82. The fourth-order valence-electron chi connectivity index (χ4n) is 4.69. The van der Waals surface area contributed by atoms with E-state index in [0.29, 0.717) is 25.2 Å². The van der Waals surface area contributed by atoms with Crippen molar-refractivity contribution < 1.29 is 18.4 Å². The number of amides is 1. The first-order valence-electron chi connectivity index (χ1n) is 11.8. The number of benzene rings is 1. The molecule has 2 aliphatic rings. The third-order valence-corrected chi connectivity index (χ3v) is 7.64. The molecule has 1 atom stereocenters. The summed E-state index contributed by atoms with van der Waals surface area (Å²) < 4.78 is 29.7. The maximum absolute atomic E-state index is 14.0. The SMILES string of the molecule is Cc1cc(C)n(CC(=O)N2CCC(c3nc(C4=NOC(Cc5c(F)cccc5F)C4)cs3)CC2)n1. The minimum atomic E-state index is -0.572. The minimum Gasteiger partial charge on any atom is -0.391 e. The quantitative estimate of drug-likeness (QED) is 0.505. The van der Waals surface area contributed by atoms with E-state index >= 15 is 0 Å². The van der Waals surface area contributed by atoms with Gasteiger partial charge in [-0.25, -0.2) is 13.8 Å². The van der Waals surface area contributed by atoms with Crippen molar-refractivity contribution in [1.29, 1.82) is 0 Å². The molecule has 1 aromatic carbocycles. The second kappa shape index (κ2) is 9.85. The zero-order valence-electron chi connectivity index (χ0n) is 19.7. The molecule has 2 aliphatic heterocycles. The molecule has 1 amide bonds. The van der Waals surface area contributed by atoms with Gasteiger partial charge in [0.25, 0.3) is 0 Å². The molecule has 0 saturated carbocycles. The topological polar surface area (TPSA) is 72.6 Å². The number of rotatable bonds is 6. The zero-order valence-corrected chi connectivity index (χ0v) is 20.5. The van der Waals surface area contributed by atoms with Crippen molar-refractivity contribution in [2.75, 3.05) is 13.1 Å². The first-order chi connectivity index (χ1) is 16.9. The number of oxime groups is 1. The Balaban J connectivity index is 1.14. The number of carbonyl (C=O) groups excluding carboxylic acids is 1. The maximum atomic E-state index is 14.0. The van der Waals surface area contributed by atoms with E-state index in [1.54, 1.807) is 16.0 Å². The number of aromatic nitrogens is 3. The van der Waals surface area contributed by atoms with Gasteiger partial charge in [0.1, 0.15) is 30.0 Å². The van der Waals surface area contributed by atoms with Crippen LogP contribution in [0.1, 0.15) is 52.8 Å². The van der Waals surface area contributed by atoms with Gasteiger partial charge in [0, 0.05) is 48.5 Å². The van der Waals surface area contributed by atoms with Gasteiger partial charge in [0.15, 0.2) is 0 Å². The Kier molecular flexibility index (Phi) is 6.64. The zero-order chi connectivity index (χ0) is 24.5. The lowest BCUT2D eigenvalue weighted by molar-refractivity contribution is -0.133. The van der Waals surface area contributed by atoms with Crippen LogP contribution in [0.15, 0.2) is 34.8 Å². The van der Waals surface area contributed by atoms with Crippen LogP contribution in [0.25, 0.3) is 0 Å². The Morgan fingerprint density at radius 2 is 1.94 bits per heavy atom. The van der Waals surface area contributed by atoms with Crippen molar-refractivity contribution in [3.8, 4) is 0 Å². The molecule has 3 aromatic rings. The number of piperidine rings is 1. The summed E-state index contributed by atoms with van der Waals surface area (Å²) in [5.74, 6) is -0.766. The van der Waals surface area contributed by atoms with Crippen LogP contribution in [0.2, 0.25) is 0 Å². The number of nitrogens with zero attached hydrogens (tertiary/aromatic N) is 5. The summed E-state index contributed by atoms with van der Waals surface area (Å²) in [7, 11) is 0. The van der Waals surface area contributed by atoms with E-state index in [2.05, 4.69) is 10.3 Å². The Hall–Kier alpha value is -3.14. The van der Waals surface area contributed by atoms with Gasteiger partial charge in [-0.2, -0.15) is 5.10 Å². The standard InChI is InChI=1S/C25H27F2N5O2S/c1-15-10-16(2)32(29-15)13-24(33)31-8-6-17(7-9-31)25-28-23(14-35-25)22-12-18(34-30-22)11-19-20(26)4-3-5-21(19)27/h3-5,10,14,17-18H,6-9,11-13H2,1-2H3. The Labute approximate surface area is 206 Å². The Morgan fingerprint density at radius 1 is 1.20 bits per heavy atom. The molecule has 0 radical (unpaired) electrons. The number of hydrogen-bond donors (Lipinski definition) is 0. The van der Waals surface area contributed by atoms with Gasteiger partial charge in [0.2, 0.25) is 5.91 Å². The second-order valence-corrected chi connectivity index (χ2v) is 10.1. The highest BCUT2D eigenvalue weighted by Gasteiger charge is 2.29. The van der Waals surface area contributed by atoms with Gasteiger partial charge in [-0.15, -0.1) is 11.3 Å². The third kappa shape index (κ3) is 5.12. The van der Waals surface area contributed by atoms with Gasteiger partial charge < -0.3 is 9.74 Å². The molecule has 1 saturated heterocycles. The molecule has 0 N–H and O–H groups in total. The van der Waals surface area contributed by atoms with Crippen molar-refractivity contribution in [2.45, 2.75) is 58.1 Å². The first-order valence-corrected chi connectivity index (χ1v) is 12.7. The summed E-state index contributed by atoms with van der Waals surface area (Å²) in [5.41, 5.74) is 3.38. The van der Waals surface area contributed by atoms with Gasteiger partial charge in [-0.05, 0) is 44.9 Å². The average Bonchev–Trinajstić information content (AvgIpc) is 3.57. The molecule has 0 aliphatic carbocycles. The van der Waals surface area contributed by atoms with Gasteiger partial charge in [0.05, 0.1) is 16.4 Å². The molecule has 1 unspecified atom stereocenters.